The lowest BCUT2D eigenvalue weighted by Crippen LogP contribution is -2.13. The second-order valence-corrected chi connectivity index (χ2v) is 8.87. The zero-order valence-electron chi connectivity index (χ0n) is 15.8. The van der Waals surface area contributed by atoms with E-state index in [1.165, 1.54) is 6.07 Å². The van der Waals surface area contributed by atoms with Gasteiger partial charge in [-0.2, -0.15) is 0 Å². The first-order chi connectivity index (χ1) is 13.9. The maximum Gasteiger partial charge on any atom is 0.263 e. The molecule has 0 radical (unpaired) electrons. The summed E-state index contributed by atoms with van der Waals surface area (Å²) in [7, 11) is -1.74. The first kappa shape index (κ1) is 19.5. The van der Waals surface area contributed by atoms with Gasteiger partial charge in [0.15, 0.2) is 0 Å². The van der Waals surface area contributed by atoms with E-state index < -0.39 is 10.0 Å². The van der Waals surface area contributed by atoms with E-state index in [4.69, 9.17) is 16.6 Å². The van der Waals surface area contributed by atoms with Gasteiger partial charge in [0.2, 0.25) is 0 Å². The second kappa shape index (κ2) is 7.89. The molecule has 0 bridgehead atoms. The van der Waals surface area contributed by atoms with E-state index in [1.54, 1.807) is 24.3 Å². The average molecular weight is 426 g/mol. The lowest BCUT2D eigenvalue weighted by Gasteiger charge is -2.11. The number of aromatic nitrogens is 2. The third-order valence-electron chi connectivity index (χ3n) is 4.82. The molecule has 0 aliphatic heterocycles. The van der Waals surface area contributed by atoms with Crippen LogP contribution in [0.3, 0.4) is 0 Å². The van der Waals surface area contributed by atoms with Gasteiger partial charge in [-0.1, -0.05) is 48.0 Å². The van der Waals surface area contributed by atoms with Crippen LogP contribution < -0.4 is 4.72 Å². The maximum atomic E-state index is 12.6. The minimum absolute atomic E-state index is 0.0618. The molecule has 148 valence electrons. The van der Waals surface area contributed by atoms with Crippen LogP contribution in [0.1, 0.15) is 11.4 Å². The van der Waals surface area contributed by atoms with Gasteiger partial charge in [-0.25, -0.2) is 13.4 Å². The second-order valence-electron chi connectivity index (χ2n) is 6.81. The van der Waals surface area contributed by atoms with Gasteiger partial charge in [0, 0.05) is 19.2 Å². The fraction of sp³-hybridized carbons (Fsp3) is 0.136. The number of fused-ring (bicyclic) bond motifs is 1. The Hall–Kier alpha value is -2.83. The van der Waals surface area contributed by atoms with Crippen molar-refractivity contribution in [1.82, 2.24) is 9.55 Å². The van der Waals surface area contributed by atoms with Crippen LogP contribution in [0.5, 0.6) is 0 Å². The van der Waals surface area contributed by atoms with E-state index in [-0.39, 0.29) is 9.92 Å². The summed E-state index contributed by atoms with van der Waals surface area (Å²) < 4.78 is 30.0. The van der Waals surface area contributed by atoms with Crippen LogP contribution in [0.15, 0.2) is 77.7 Å². The highest BCUT2D eigenvalue weighted by Gasteiger charge is 2.17. The number of imidazole rings is 1. The minimum Gasteiger partial charge on any atom is -0.331 e. The Bertz CT molecular complexity index is 1280. The van der Waals surface area contributed by atoms with Crippen molar-refractivity contribution in [1.29, 1.82) is 0 Å². The predicted octanol–water partition coefficient (Wildman–Crippen LogP) is 4.81. The Morgan fingerprint density at radius 2 is 1.72 bits per heavy atom. The van der Waals surface area contributed by atoms with Crippen molar-refractivity contribution in [2.45, 2.75) is 17.7 Å². The van der Waals surface area contributed by atoms with E-state index in [2.05, 4.69) is 15.4 Å². The minimum atomic E-state index is -3.75. The summed E-state index contributed by atoms with van der Waals surface area (Å²) in [6.07, 6.45) is 1.50. The van der Waals surface area contributed by atoms with Crippen LogP contribution in [0.2, 0.25) is 5.02 Å². The van der Waals surface area contributed by atoms with Gasteiger partial charge in [-0.3, -0.25) is 4.72 Å². The topological polar surface area (TPSA) is 64.0 Å². The standard InChI is InChI=1S/C22H20ClN3O2S/c1-26-20-11-4-3-10-19(20)24-22(26)14-13-16-7-6-8-17(15-16)25-29(27,28)21-12-5-2-9-18(21)23/h2-12,15,25H,13-14H2,1H3. The van der Waals surface area contributed by atoms with E-state index in [0.29, 0.717) is 5.69 Å². The molecule has 3 aromatic carbocycles. The molecule has 1 N–H and O–H groups in total. The molecule has 4 rings (SSSR count). The van der Waals surface area contributed by atoms with Crippen LogP contribution in [0.25, 0.3) is 11.0 Å². The number of hydrogen-bond acceptors (Lipinski definition) is 3. The van der Waals surface area contributed by atoms with Crippen molar-refractivity contribution in [2.75, 3.05) is 4.72 Å². The first-order valence-corrected chi connectivity index (χ1v) is 11.1. The SMILES string of the molecule is Cn1c(CCc2cccc(NS(=O)(=O)c3ccccc3Cl)c2)nc2ccccc21. The van der Waals surface area contributed by atoms with Crippen molar-refractivity contribution in [3.63, 3.8) is 0 Å². The maximum absolute atomic E-state index is 12.6. The number of nitrogens with one attached hydrogen (secondary N) is 1. The molecular weight excluding hydrogens is 406 g/mol. The number of sulfonamides is 1. The Balaban J connectivity index is 1.51. The zero-order chi connectivity index (χ0) is 20.4. The molecule has 1 aromatic heterocycles. The Morgan fingerprint density at radius 3 is 2.52 bits per heavy atom. The number of nitrogens with zero attached hydrogens (tertiary/aromatic N) is 2. The highest BCUT2D eigenvalue weighted by atomic mass is 35.5. The van der Waals surface area contributed by atoms with Crippen LogP contribution >= 0.6 is 11.6 Å². The number of rotatable bonds is 6. The smallest absolute Gasteiger partial charge is 0.263 e. The van der Waals surface area contributed by atoms with Crippen molar-refractivity contribution >= 4 is 38.3 Å². The van der Waals surface area contributed by atoms with Gasteiger partial charge in [0.05, 0.1) is 16.1 Å². The van der Waals surface area contributed by atoms with Crippen LogP contribution in [0, 0.1) is 0 Å². The summed E-state index contributed by atoms with van der Waals surface area (Å²) in [6, 6.07) is 21.8. The molecule has 0 fully saturated rings. The van der Waals surface area contributed by atoms with Gasteiger partial charge in [0.1, 0.15) is 10.7 Å². The lowest BCUT2D eigenvalue weighted by molar-refractivity contribution is 0.601. The molecule has 0 saturated carbocycles. The third kappa shape index (κ3) is 4.13. The summed E-state index contributed by atoms with van der Waals surface area (Å²) in [5, 5.41) is 0.193. The number of para-hydroxylation sites is 2. The van der Waals surface area contributed by atoms with Gasteiger partial charge in [-0.15, -0.1) is 0 Å². The van der Waals surface area contributed by atoms with Crippen LogP contribution in [0.4, 0.5) is 5.69 Å². The fourth-order valence-electron chi connectivity index (χ4n) is 3.34. The number of halogens is 1. The van der Waals surface area contributed by atoms with Crippen LogP contribution in [-0.2, 0) is 29.9 Å². The summed E-state index contributed by atoms with van der Waals surface area (Å²) in [5.41, 5.74) is 3.61. The molecule has 0 aliphatic carbocycles. The fourth-order valence-corrected chi connectivity index (χ4v) is 4.91. The average Bonchev–Trinajstić information content (AvgIpc) is 3.02. The molecule has 5 nitrogen and oxygen atoms in total. The van der Waals surface area contributed by atoms with Gasteiger partial charge in [-0.05, 0) is 48.4 Å². The van der Waals surface area contributed by atoms with Crippen molar-refractivity contribution < 1.29 is 8.42 Å². The largest absolute Gasteiger partial charge is 0.331 e. The van der Waals surface area contributed by atoms with E-state index in [0.717, 1.165) is 35.3 Å². The van der Waals surface area contributed by atoms with Crippen LogP contribution in [-0.4, -0.2) is 18.0 Å². The molecule has 0 spiro atoms. The molecule has 7 heteroatoms. The summed E-state index contributed by atoms with van der Waals surface area (Å²) in [5.74, 6) is 0.994. The third-order valence-corrected chi connectivity index (χ3v) is 6.70. The van der Waals surface area contributed by atoms with E-state index >= 15 is 0 Å². The van der Waals surface area contributed by atoms with Crippen molar-refractivity contribution in [3.8, 4) is 0 Å². The van der Waals surface area contributed by atoms with Gasteiger partial charge < -0.3 is 4.57 Å². The molecule has 29 heavy (non-hydrogen) atoms. The summed E-state index contributed by atoms with van der Waals surface area (Å²) in [4.78, 5) is 4.76. The molecule has 0 unspecified atom stereocenters. The Morgan fingerprint density at radius 1 is 0.966 bits per heavy atom. The molecule has 1 heterocycles. The molecule has 0 saturated heterocycles. The predicted molar refractivity (Wildman–Crippen MR) is 117 cm³/mol. The van der Waals surface area contributed by atoms with E-state index in [9.17, 15) is 8.42 Å². The Labute approximate surface area is 175 Å². The molecule has 0 amide bonds. The highest BCUT2D eigenvalue weighted by Crippen LogP contribution is 2.24. The number of aryl methyl sites for hydroxylation is 3. The number of benzene rings is 3. The summed E-state index contributed by atoms with van der Waals surface area (Å²) >= 11 is 6.04. The van der Waals surface area contributed by atoms with Gasteiger partial charge in [0.25, 0.3) is 10.0 Å². The molecule has 4 aromatic rings. The Kier molecular flexibility index (Phi) is 5.30. The monoisotopic (exact) mass is 425 g/mol. The lowest BCUT2D eigenvalue weighted by atomic mass is 10.1. The number of hydrogen-bond donors (Lipinski definition) is 1. The number of anilines is 1. The van der Waals surface area contributed by atoms with Gasteiger partial charge >= 0.3 is 0 Å². The zero-order valence-corrected chi connectivity index (χ0v) is 17.4. The van der Waals surface area contributed by atoms with E-state index in [1.807, 2.05) is 43.4 Å². The first-order valence-electron chi connectivity index (χ1n) is 9.21. The van der Waals surface area contributed by atoms with Crippen molar-refractivity contribution in [2.24, 2.45) is 7.05 Å². The molecule has 0 atom stereocenters. The quantitative estimate of drug-likeness (QED) is 0.482. The normalized spacial score (nSPS) is 11.7. The highest BCUT2D eigenvalue weighted by molar-refractivity contribution is 7.92. The summed E-state index contributed by atoms with van der Waals surface area (Å²) in [6.45, 7) is 0. The van der Waals surface area contributed by atoms with Crippen molar-refractivity contribution in [3.05, 3.63) is 89.2 Å². The molecular formula is C22H20ClN3O2S. The molecule has 0 aliphatic rings.